The van der Waals surface area contributed by atoms with E-state index in [4.69, 9.17) is 0 Å². The molecule has 1 heterocycles. The molecule has 3 N–H and O–H groups in total. The fourth-order valence-electron chi connectivity index (χ4n) is 1.75. The predicted octanol–water partition coefficient (Wildman–Crippen LogP) is 0.111. The van der Waals surface area contributed by atoms with E-state index in [9.17, 15) is 9.59 Å². The molecule has 1 aliphatic heterocycles. The van der Waals surface area contributed by atoms with E-state index < -0.39 is 6.04 Å². The normalized spacial score (nSPS) is 21.4. The number of amides is 2. The van der Waals surface area contributed by atoms with E-state index >= 15 is 0 Å². The highest BCUT2D eigenvalue weighted by Crippen LogP contribution is 2.10. The Labute approximate surface area is 113 Å². The first kappa shape index (κ1) is 15.3. The van der Waals surface area contributed by atoms with Gasteiger partial charge in [0.15, 0.2) is 0 Å². The number of hydrogen-bond acceptors (Lipinski definition) is 4. The van der Waals surface area contributed by atoms with Crippen LogP contribution in [0.1, 0.15) is 27.2 Å². The molecule has 0 radical (unpaired) electrons. The van der Waals surface area contributed by atoms with Crippen LogP contribution in [0.2, 0.25) is 0 Å². The van der Waals surface area contributed by atoms with Crippen molar-refractivity contribution in [3.8, 4) is 0 Å². The molecular weight excluding hydrogens is 250 g/mol. The molecule has 18 heavy (non-hydrogen) atoms. The summed E-state index contributed by atoms with van der Waals surface area (Å²) >= 11 is 1.86. The lowest BCUT2D eigenvalue weighted by Gasteiger charge is -2.23. The molecule has 2 amide bonds. The standard InChI is InChI=1S/C12H23N3O2S/c1-8(2)14-12(17)9(3)15-11(16)6-10-7-18-5-4-13-10/h8-10,13H,4-7H2,1-3H3,(H,14,17)(H,15,16). The topological polar surface area (TPSA) is 70.2 Å². The van der Waals surface area contributed by atoms with Gasteiger partial charge in [-0.15, -0.1) is 0 Å². The van der Waals surface area contributed by atoms with Crippen molar-refractivity contribution in [3.05, 3.63) is 0 Å². The molecule has 0 aromatic carbocycles. The van der Waals surface area contributed by atoms with Gasteiger partial charge in [0.1, 0.15) is 6.04 Å². The highest BCUT2D eigenvalue weighted by molar-refractivity contribution is 7.99. The molecule has 1 aliphatic rings. The van der Waals surface area contributed by atoms with Gasteiger partial charge >= 0.3 is 0 Å². The van der Waals surface area contributed by atoms with E-state index in [0.717, 1.165) is 18.1 Å². The van der Waals surface area contributed by atoms with Crippen molar-refractivity contribution in [2.24, 2.45) is 0 Å². The van der Waals surface area contributed by atoms with Crippen LogP contribution < -0.4 is 16.0 Å². The van der Waals surface area contributed by atoms with E-state index in [-0.39, 0.29) is 23.9 Å². The lowest BCUT2D eigenvalue weighted by atomic mass is 10.2. The van der Waals surface area contributed by atoms with Gasteiger partial charge < -0.3 is 16.0 Å². The molecular formula is C12H23N3O2S. The summed E-state index contributed by atoms with van der Waals surface area (Å²) in [7, 11) is 0. The molecule has 0 spiro atoms. The first-order chi connectivity index (χ1) is 8.49. The summed E-state index contributed by atoms with van der Waals surface area (Å²) in [6, 6.07) is -0.159. The van der Waals surface area contributed by atoms with Gasteiger partial charge in [0.2, 0.25) is 11.8 Å². The van der Waals surface area contributed by atoms with E-state index in [2.05, 4.69) is 16.0 Å². The van der Waals surface area contributed by atoms with Crippen LogP contribution in [0.5, 0.6) is 0 Å². The predicted molar refractivity (Wildman–Crippen MR) is 74.6 cm³/mol. The molecule has 0 bridgehead atoms. The molecule has 2 unspecified atom stereocenters. The summed E-state index contributed by atoms with van der Waals surface area (Å²) in [4.78, 5) is 23.4. The van der Waals surface area contributed by atoms with Crippen LogP contribution in [0.4, 0.5) is 0 Å². The maximum atomic E-state index is 11.8. The van der Waals surface area contributed by atoms with Crippen LogP contribution in [0, 0.1) is 0 Å². The van der Waals surface area contributed by atoms with E-state index in [0.29, 0.717) is 6.42 Å². The SMILES string of the molecule is CC(C)NC(=O)C(C)NC(=O)CC1CSCCN1. The van der Waals surface area contributed by atoms with Crippen molar-refractivity contribution in [2.45, 2.75) is 45.3 Å². The van der Waals surface area contributed by atoms with Gasteiger partial charge in [-0.25, -0.2) is 0 Å². The fraction of sp³-hybridized carbons (Fsp3) is 0.833. The molecule has 6 heteroatoms. The Hall–Kier alpha value is -0.750. The Morgan fingerprint density at radius 1 is 1.33 bits per heavy atom. The third-order valence-corrected chi connectivity index (χ3v) is 3.76. The third kappa shape index (κ3) is 5.73. The van der Waals surface area contributed by atoms with Crippen molar-refractivity contribution in [1.29, 1.82) is 0 Å². The zero-order chi connectivity index (χ0) is 13.5. The van der Waals surface area contributed by atoms with Crippen LogP contribution in [-0.2, 0) is 9.59 Å². The fourth-order valence-corrected chi connectivity index (χ4v) is 2.70. The lowest BCUT2D eigenvalue weighted by Crippen LogP contribution is -2.48. The maximum absolute atomic E-state index is 11.8. The Balaban J connectivity index is 2.27. The molecule has 1 saturated heterocycles. The van der Waals surface area contributed by atoms with E-state index in [1.807, 2.05) is 25.6 Å². The maximum Gasteiger partial charge on any atom is 0.242 e. The molecule has 1 fully saturated rings. The third-order valence-electron chi connectivity index (χ3n) is 2.63. The summed E-state index contributed by atoms with van der Waals surface area (Å²) in [6.45, 7) is 6.45. The lowest BCUT2D eigenvalue weighted by molar-refractivity contribution is -0.129. The molecule has 2 atom stereocenters. The quantitative estimate of drug-likeness (QED) is 0.665. The van der Waals surface area contributed by atoms with Crippen molar-refractivity contribution in [2.75, 3.05) is 18.1 Å². The van der Waals surface area contributed by atoms with Crippen LogP contribution in [0.3, 0.4) is 0 Å². The molecule has 0 saturated carbocycles. The van der Waals surface area contributed by atoms with E-state index in [1.165, 1.54) is 0 Å². The first-order valence-corrected chi connectivity index (χ1v) is 7.55. The minimum atomic E-state index is -0.476. The average molecular weight is 273 g/mol. The van der Waals surface area contributed by atoms with Gasteiger partial charge in [-0.1, -0.05) is 0 Å². The monoisotopic (exact) mass is 273 g/mol. The highest BCUT2D eigenvalue weighted by Gasteiger charge is 2.20. The smallest absolute Gasteiger partial charge is 0.242 e. The second kappa shape index (κ2) is 7.63. The molecule has 0 aromatic rings. The minimum Gasteiger partial charge on any atom is -0.352 e. The number of rotatable bonds is 5. The first-order valence-electron chi connectivity index (χ1n) is 6.40. The van der Waals surface area contributed by atoms with Gasteiger partial charge in [-0.3, -0.25) is 9.59 Å². The minimum absolute atomic E-state index is 0.0681. The Morgan fingerprint density at radius 3 is 2.61 bits per heavy atom. The Kier molecular flexibility index (Phi) is 6.49. The molecule has 0 aliphatic carbocycles. The van der Waals surface area contributed by atoms with Crippen molar-refractivity contribution < 1.29 is 9.59 Å². The summed E-state index contributed by atoms with van der Waals surface area (Å²) < 4.78 is 0. The zero-order valence-electron chi connectivity index (χ0n) is 11.3. The van der Waals surface area contributed by atoms with Gasteiger partial charge in [-0.05, 0) is 20.8 Å². The van der Waals surface area contributed by atoms with Gasteiger partial charge in [-0.2, -0.15) is 11.8 Å². The van der Waals surface area contributed by atoms with E-state index in [1.54, 1.807) is 6.92 Å². The van der Waals surface area contributed by atoms with Crippen LogP contribution in [0.25, 0.3) is 0 Å². The van der Waals surface area contributed by atoms with Crippen LogP contribution in [0.15, 0.2) is 0 Å². The van der Waals surface area contributed by atoms with Gasteiger partial charge in [0.05, 0.1) is 0 Å². The number of thioether (sulfide) groups is 1. The second-order valence-electron chi connectivity index (χ2n) is 4.88. The zero-order valence-corrected chi connectivity index (χ0v) is 12.1. The number of hydrogen-bond donors (Lipinski definition) is 3. The Bertz CT molecular complexity index is 291. The number of carbonyl (C=O) groups is 2. The summed E-state index contributed by atoms with van der Waals surface area (Å²) in [5.74, 6) is 1.86. The van der Waals surface area contributed by atoms with Crippen molar-refractivity contribution in [3.63, 3.8) is 0 Å². The largest absolute Gasteiger partial charge is 0.352 e. The van der Waals surface area contributed by atoms with Crippen LogP contribution in [-0.4, -0.2) is 48.0 Å². The number of nitrogens with one attached hydrogen (secondary N) is 3. The molecule has 0 aromatic heterocycles. The average Bonchev–Trinajstić information content (AvgIpc) is 2.29. The molecule has 5 nitrogen and oxygen atoms in total. The summed E-state index contributed by atoms with van der Waals surface area (Å²) in [5, 5.41) is 8.81. The van der Waals surface area contributed by atoms with Gasteiger partial charge in [0.25, 0.3) is 0 Å². The van der Waals surface area contributed by atoms with Crippen molar-refractivity contribution >= 4 is 23.6 Å². The molecule has 104 valence electrons. The van der Waals surface area contributed by atoms with Crippen molar-refractivity contribution in [1.82, 2.24) is 16.0 Å². The van der Waals surface area contributed by atoms with Crippen LogP contribution >= 0.6 is 11.8 Å². The Morgan fingerprint density at radius 2 is 2.06 bits per heavy atom. The number of carbonyl (C=O) groups excluding carboxylic acids is 2. The summed E-state index contributed by atoms with van der Waals surface area (Å²) in [5.41, 5.74) is 0. The highest BCUT2D eigenvalue weighted by atomic mass is 32.2. The summed E-state index contributed by atoms with van der Waals surface area (Å²) in [6.07, 6.45) is 0.437. The second-order valence-corrected chi connectivity index (χ2v) is 6.03. The molecule has 1 rings (SSSR count). The van der Waals surface area contributed by atoms with Gasteiger partial charge in [0, 0.05) is 36.6 Å².